The number of benzene rings is 2. The van der Waals surface area contributed by atoms with Crippen LogP contribution in [0.1, 0.15) is 29.3 Å². The van der Waals surface area contributed by atoms with Crippen molar-refractivity contribution in [3.63, 3.8) is 0 Å². The maximum atomic E-state index is 12.2. The molecule has 0 bridgehead atoms. The molecule has 0 unspecified atom stereocenters. The normalized spacial score (nSPS) is 10.3. The molecule has 0 spiro atoms. The van der Waals surface area contributed by atoms with E-state index in [4.69, 9.17) is 4.74 Å². The molecular weight excluding hydrogens is 396 g/mol. The average Bonchev–Trinajstić information content (AvgIpc) is 2.64. The molecule has 1 N–H and O–H groups in total. The summed E-state index contributed by atoms with van der Waals surface area (Å²) < 4.78 is 6.33. The summed E-state index contributed by atoms with van der Waals surface area (Å²) in [6.45, 7) is 3.40. The van der Waals surface area contributed by atoms with Gasteiger partial charge in [0, 0.05) is 36.6 Å². The van der Waals surface area contributed by atoms with E-state index >= 15 is 0 Å². The Balaban J connectivity index is 1.76. The van der Waals surface area contributed by atoms with Gasteiger partial charge in [0.25, 0.3) is 5.91 Å². The van der Waals surface area contributed by atoms with E-state index in [2.05, 4.69) is 21.2 Å². The average molecular weight is 419 g/mol. The first-order chi connectivity index (χ1) is 12.5. The second-order valence-electron chi connectivity index (χ2n) is 5.84. The van der Waals surface area contributed by atoms with Crippen molar-refractivity contribution in [2.24, 2.45) is 0 Å². The monoisotopic (exact) mass is 418 g/mol. The SMILES string of the molecule is CCOc1ccc(CN(C)C(=O)CCNC(=O)c2ccc(Br)cc2)cc1. The zero-order valence-electron chi connectivity index (χ0n) is 15.0. The van der Waals surface area contributed by atoms with Crippen LogP contribution in [-0.4, -0.2) is 36.9 Å². The minimum Gasteiger partial charge on any atom is -0.494 e. The van der Waals surface area contributed by atoms with Gasteiger partial charge in [-0.1, -0.05) is 28.1 Å². The van der Waals surface area contributed by atoms with E-state index in [0.29, 0.717) is 25.3 Å². The van der Waals surface area contributed by atoms with E-state index in [1.54, 1.807) is 24.1 Å². The third-order valence-corrected chi connectivity index (χ3v) is 4.34. The summed E-state index contributed by atoms with van der Waals surface area (Å²) >= 11 is 3.33. The molecule has 0 radical (unpaired) electrons. The van der Waals surface area contributed by atoms with Crippen LogP contribution in [0.2, 0.25) is 0 Å². The van der Waals surface area contributed by atoms with E-state index in [-0.39, 0.29) is 18.2 Å². The lowest BCUT2D eigenvalue weighted by atomic mass is 10.2. The molecule has 2 aromatic carbocycles. The summed E-state index contributed by atoms with van der Waals surface area (Å²) in [5.41, 5.74) is 1.60. The molecule has 2 amide bonds. The van der Waals surface area contributed by atoms with E-state index in [1.807, 2.05) is 43.3 Å². The predicted molar refractivity (Wildman–Crippen MR) is 105 cm³/mol. The second kappa shape index (κ2) is 9.97. The fourth-order valence-corrected chi connectivity index (χ4v) is 2.66. The fraction of sp³-hybridized carbons (Fsp3) is 0.300. The van der Waals surface area contributed by atoms with E-state index < -0.39 is 0 Å². The van der Waals surface area contributed by atoms with Gasteiger partial charge in [0.15, 0.2) is 0 Å². The summed E-state index contributed by atoms with van der Waals surface area (Å²) in [4.78, 5) is 25.9. The zero-order valence-corrected chi connectivity index (χ0v) is 16.6. The molecule has 26 heavy (non-hydrogen) atoms. The molecule has 138 valence electrons. The quantitative estimate of drug-likeness (QED) is 0.711. The number of hydrogen-bond acceptors (Lipinski definition) is 3. The van der Waals surface area contributed by atoms with Gasteiger partial charge in [-0.2, -0.15) is 0 Å². The Bertz CT molecular complexity index is 730. The van der Waals surface area contributed by atoms with Crippen LogP contribution in [0.25, 0.3) is 0 Å². The molecule has 0 heterocycles. The Morgan fingerprint density at radius 3 is 2.35 bits per heavy atom. The van der Waals surface area contributed by atoms with Gasteiger partial charge in [0.1, 0.15) is 5.75 Å². The molecule has 5 nitrogen and oxygen atoms in total. The van der Waals surface area contributed by atoms with Crippen molar-refractivity contribution in [3.05, 3.63) is 64.1 Å². The highest BCUT2D eigenvalue weighted by molar-refractivity contribution is 9.10. The van der Waals surface area contributed by atoms with E-state index in [9.17, 15) is 9.59 Å². The predicted octanol–water partition coefficient (Wildman–Crippen LogP) is 3.63. The first-order valence-corrected chi connectivity index (χ1v) is 9.28. The van der Waals surface area contributed by atoms with Gasteiger partial charge in [0.2, 0.25) is 5.91 Å². The first kappa shape index (κ1) is 20.0. The summed E-state index contributed by atoms with van der Waals surface area (Å²) in [7, 11) is 1.76. The number of carbonyl (C=O) groups excluding carboxylic acids is 2. The van der Waals surface area contributed by atoms with Gasteiger partial charge in [0.05, 0.1) is 6.61 Å². The van der Waals surface area contributed by atoms with Crippen LogP contribution < -0.4 is 10.1 Å². The number of nitrogens with zero attached hydrogens (tertiary/aromatic N) is 1. The molecule has 0 saturated heterocycles. The van der Waals surface area contributed by atoms with Crippen molar-refractivity contribution < 1.29 is 14.3 Å². The summed E-state index contributed by atoms with van der Waals surface area (Å²) in [6.07, 6.45) is 0.260. The van der Waals surface area contributed by atoms with Crippen molar-refractivity contribution in [1.29, 1.82) is 0 Å². The number of nitrogens with one attached hydrogen (secondary N) is 1. The van der Waals surface area contributed by atoms with Crippen molar-refractivity contribution in [2.75, 3.05) is 20.2 Å². The molecule has 2 aromatic rings. The lowest BCUT2D eigenvalue weighted by Crippen LogP contribution is -2.31. The van der Waals surface area contributed by atoms with Crippen LogP contribution in [0.5, 0.6) is 5.75 Å². The third kappa shape index (κ3) is 6.19. The highest BCUT2D eigenvalue weighted by Crippen LogP contribution is 2.13. The largest absolute Gasteiger partial charge is 0.494 e. The number of halogens is 1. The number of rotatable bonds is 8. The van der Waals surface area contributed by atoms with Gasteiger partial charge in [-0.05, 0) is 48.9 Å². The molecule has 0 saturated carbocycles. The lowest BCUT2D eigenvalue weighted by molar-refractivity contribution is -0.130. The third-order valence-electron chi connectivity index (χ3n) is 3.81. The number of ether oxygens (including phenoxy) is 1. The van der Waals surface area contributed by atoms with Gasteiger partial charge >= 0.3 is 0 Å². The molecular formula is C20H23BrN2O3. The molecule has 0 aliphatic rings. The van der Waals surface area contributed by atoms with Crippen molar-refractivity contribution >= 4 is 27.7 Å². The Hall–Kier alpha value is -2.34. The Morgan fingerprint density at radius 2 is 1.73 bits per heavy atom. The smallest absolute Gasteiger partial charge is 0.251 e. The molecule has 2 rings (SSSR count). The van der Waals surface area contributed by atoms with Crippen LogP contribution in [0, 0.1) is 0 Å². The number of amides is 2. The molecule has 0 aromatic heterocycles. The van der Waals surface area contributed by atoms with Crippen molar-refractivity contribution in [3.8, 4) is 5.75 Å². The Labute approximate surface area is 162 Å². The minimum absolute atomic E-state index is 0.0185. The summed E-state index contributed by atoms with van der Waals surface area (Å²) in [5, 5.41) is 2.77. The summed E-state index contributed by atoms with van der Waals surface area (Å²) in [5.74, 6) is 0.621. The standard InChI is InChI=1S/C20H23BrN2O3/c1-3-26-18-10-4-15(5-11-18)14-23(2)19(24)12-13-22-20(25)16-6-8-17(21)9-7-16/h4-11H,3,12-14H2,1-2H3,(H,22,25). The summed E-state index contributed by atoms with van der Waals surface area (Å²) in [6, 6.07) is 14.8. The molecule has 0 aliphatic carbocycles. The Morgan fingerprint density at radius 1 is 1.08 bits per heavy atom. The van der Waals surface area contributed by atoms with Gasteiger partial charge in [-0.25, -0.2) is 0 Å². The fourth-order valence-electron chi connectivity index (χ4n) is 2.40. The number of hydrogen-bond donors (Lipinski definition) is 1. The van der Waals surface area contributed by atoms with Gasteiger partial charge < -0.3 is 15.0 Å². The van der Waals surface area contributed by atoms with Crippen molar-refractivity contribution in [1.82, 2.24) is 10.2 Å². The number of carbonyl (C=O) groups is 2. The molecule has 6 heteroatoms. The lowest BCUT2D eigenvalue weighted by Gasteiger charge is -2.17. The van der Waals surface area contributed by atoms with Gasteiger partial charge in [-0.3, -0.25) is 9.59 Å². The zero-order chi connectivity index (χ0) is 18.9. The maximum absolute atomic E-state index is 12.2. The second-order valence-corrected chi connectivity index (χ2v) is 6.76. The topological polar surface area (TPSA) is 58.6 Å². The molecule has 0 aliphatic heterocycles. The molecule has 0 fully saturated rings. The van der Waals surface area contributed by atoms with Crippen LogP contribution >= 0.6 is 15.9 Å². The van der Waals surface area contributed by atoms with Crippen LogP contribution in [0.15, 0.2) is 53.0 Å². The first-order valence-electron chi connectivity index (χ1n) is 8.49. The maximum Gasteiger partial charge on any atom is 0.251 e. The van der Waals surface area contributed by atoms with Crippen LogP contribution in [-0.2, 0) is 11.3 Å². The highest BCUT2D eigenvalue weighted by Gasteiger charge is 2.11. The van der Waals surface area contributed by atoms with Gasteiger partial charge in [-0.15, -0.1) is 0 Å². The minimum atomic E-state index is -0.181. The molecule has 0 atom stereocenters. The highest BCUT2D eigenvalue weighted by atomic mass is 79.9. The Kier molecular flexibility index (Phi) is 7.66. The van der Waals surface area contributed by atoms with Crippen LogP contribution in [0.4, 0.5) is 0 Å². The van der Waals surface area contributed by atoms with E-state index in [0.717, 1.165) is 15.8 Å². The van der Waals surface area contributed by atoms with Crippen LogP contribution in [0.3, 0.4) is 0 Å². The van der Waals surface area contributed by atoms with Crippen molar-refractivity contribution in [2.45, 2.75) is 19.9 Å². The van der Waals surface area contributed by atoms with E-state index in [1.165, 1.54) is 0 Å².